The molecule has 0 spiro atoms. The Morgan fingerprint density at radius 3 is 2.50 bits per heavy atom. The van der Waals surface area contributed by atoms with Gasteiger partial charge in [0.15, 0.2) is 11.5 Å². The second-order valence-electron chi connectivity index (χ2n) is 3.27. The van der Waals surface area contributed by atoms with Gasteiger partial charge in [0.25, 0.3) is 0 Å². The maximum atomic E-state index is 5.62. The maximum Gasteiger partial charge on any atom is 0.161 e. The van der Waals surface area contributed by atoms with Gasteiger partial charge >= 0.3 is 0 Å². The minimum absolute atomic E-state index is 0.171. The highest BCUT2D eigenvalue weighted by atomic mass is 16.5. The molecule has 14 heavy (non-hydrogen) atoms. The highest BCUT2D eigenvalue weighted by Crippen LogP contribution is 2.25. The van der Waals surface area contributed by atoms with Gasteiger partial charge in [-0.15, -0.1) is 0 Å². The first-order valence-corrected chi connectivity index (χ1v) is 4.75. The molecule has 0 saturated carbocycles. The first-order valence-electron chi connectivity index (χ1n) is 4.75. The number of para-hydroxylation sites is 2. The highest BCUT2D eigenvalue weighted by Gasteiger charge is 2.02. The molecule has 0 aromatic heterocycles. The lowest BCUT2D eigenvalue weighted by Gasteiger charge is -2.11. The SMILES string of the molecule is COc1ccccc1OCCC(C)N. The summed E-state index contributed by atoms with van der Waals surface area (Å²) in [5.41, 5.74) is 5.62. The summed E-state index contributed by atoms with van der Waals surface area (Å²) in [4.78, 5) is 0. The Kier molecular flexibility index (Phi) is 4.26. The Hall–Kier alpha value is -1.22. The summed E-state index contributed by atoms with van der Waals surface area (Å²) >= 11 is 0. The summed E-state index contributed by atoms with van der Waals surface area (Å²) in [5, 5.41) is 0. The maximum absolute atomic E-state index is 5.62. The molecular weight excluding hydrogens is 178 g/mol. The lowest BCUT2D eigenvalue weighted by molar-refractivity contribution is 0.282. The topological polar surface area (TPSA) is 44.5 Å². The largest absolute Gasteiger partial charge is 0.493 e. The molecule has 1 rings (SSSR count). The van der Waals surface area contributed by atoms with Gasteiger partial charge in [0.2, 0.25) is 0 Å². The van der Waals surface area contributed by atoms with E-state index >= 15 is 0 Å². The number of methoxy groups -OCH3 is 1. The van der Waals surface area contributed by atoms with Gasteiger partial charge in [-0.25, -0.2) is 0 Å². The molecule has 1 atom stereocenters. The van der Waals surface area contributed by atoms with E-state index in [4.69, 9.17) is 15.2 Å². The number of benzene rings is 1. The third-order valence-electron chi connectivity index (χ3n) is 1.90. The van der Waals surface area contributed by atoms with Crippen molar-refractivity contribution in [1.82, 2.24) is 0 Å². The molecule has 3 heteroatoms. The number of hydrogen-bond donors (Lipinski definition) is 1. The number of nitrogens with two attached hydrogens (primary N) is 1. The van der Waals surface area contributed by atoms with Crippen LogP contribution in [0.2, 0.25) is 0 Å². The van der Waals surface area contributed by atoms with Gasteiger partial charge in [-0.1, -0.05) is 12.1 Å². The van der Waals surface area contributed by atoms with Crippen LogP contribution in [0.25, 0.3) is 0 Å². The minimum Gasteiger partial charge on any atom is -0.493 e. The molecule has 0 radical (unpaired) electrons. The van der Waals surface area contributed by atoms with Crippen molar-refractivity contribution in [1.29, 1.82) is 0 Å². The molecule has 78 valence electrons. The molecule has 1 aromatic carbocycles. The zero-order valence-corrected chi connectivity index (χ0v) is 8.69. The van der Waals surface area contributed by atoms with E-state index in [0.717, 1.165) is 17.9 Å². The number of rotatable bonds is 5. The molecule has 3 nitrogen and oxygen atoms in total. The minimum atomic E-state index is 0.171. The standard InChI is InChI=1S/C11H17NO2/c1-9(12)7-8-14-11-6-4-3-5-10(11)13-2/h3-6,9H,7-8,12H2,1-2H3. The van der Waals surface area contributed by atoms with Crippen LogP contribution in [0.1, 0.15) is 13.3 Å². The van der Waals surface area contributed by atoms with Gasteiger partial charge in [0.1, 0.15) is 0 Å². The second kappa shape index (κ2) is 5.50. The van der Waals surface area contributed by atoms with E-state index in [2.05, 4.69) is 0 Å². The Morgan fingerprint density at radius 2 is 1.93 bits per heavy atom. The first-order chi connectivity index (χ1) is 6.74. The van der Waals surface area contributed by atoms with Crippen molar-refractivity contribution >= 4 is 0 Å². The number of ether oxygens (including phenoxy) is 2. The summed E-state index contributed by atoms with van der Waals surface area (Å²) < 4.78 is 10.7. The van der Waals surface area contributed by atoms with Crippen LogP contribution >= 0.6 is 0 Å². The summed E-state index contributed by atoms with van der Waals surface area (Å²) in [6.45, 7) is 2.59. The Morgan fingerprint density at radius 1 is 1.29 bits per heavy atom. The van der Waals surface area contributed by atoms with Crippen LogP contribution in [0, 0.1) is 0 Å². The number of hydrogen-bond acceptors (Lipinski definition) is 3. The van der Waals surface area contributed by atoms with Crippen LogP contribution in [0.4, 0.5) is 0 Å². The lowest BCUT2D eigenvalue weighted by Crippen LogP contribution is -2.18. The summed E-state index contributed by atoms with van der Waals surface area (Å²) in [7, 11) is 1.63. The van der Waals surface area contributed by atoms with Gasteiger partial charge in [-0.2, -0.15) is 0 Å². The Bertz CT molecular complexity index is 274. The highest BCUT2D eigenvalue weighted by molar-refractivity contribution is 5.39. The van der Waals surface area contributed by atoms with Crippen molar-refractivity contribution in [2.24, 2.45) is 5.73 Å². The quantitative estimate of drug-likeness (QED) is 0.779. The molecule has 0 heterocycles. The van der Waals surface area contributed by atoms with Gasteiger partial charge < -0.3 is 15.2 Å². The molecule has 0 aliphatic heterocycles. The van der Waals surface area contributed by atoms with E-state index in [1.807, 2.05) is 31.2 Å². The van der Waals surface area contributed by atoms with E-state index < -0.39 is 0 Å². The third kappa shape index (κ3) is 3.26. The van der Waals surface area contributed by atoms with E-state index in [1.54, 1.807) is 7.11 Å². The average molecular weight is 195 g/mol. The Balaban J connectivity index is 2.49. The van der Waals surface area contributed by atoms with E-state index in [-0.39, 0.29) is 6.04 Å². The van der Waals surface area contributed by atoms with Crippen molar-refractivity contribution in [3.63, 3.8) is 0 Å². The molecule has 0 saturated heterocycles. The zero-order valence-electron chi connectivity index (χ0n) is 8.69. The van der Waals surface area contributed by atoms with Gasteiger partial charge in [-0.3, -0.25) is 0 Å². The zero-order chi connectivity index (χ0) is 10.4. The molecule has 1 unspecified atom stereocenters. The van der Waals surface area contributed by atoms with Crippen molar-refractivity contribution in [3.05, 3.63) is 24.3 Å². The van der Waals surface area contributed by atoms with Crippen molar-refractivity contribution in [3.8, 4) is 11.5 Å². The monoisotopic (exact) mass is 195 g/mol. The molecular formula is C11H17NO2. The van der Waals surface area contributed by atoms with Crippen LogP contribution in [-0.4, -0.2) is 19.8 Å². The molecule has 0 bridgehead atoms. The van der Waals surface area contributed by atoms with Crippen molar-refractivity contribution in [2.75, 3.05) is 13.7 Å². The van der Waals surface area contributed by atoms with Gasteiger partial charge in [-0.05, 0) is 25.5 Å². The average Bonchev–Trinajstić information content (AvgIpc) is 2.18. The normalized spacial score (nSPS) is 12.2. The van der Waals surface area contributed by atoms with E-state index in [0.29, 0.717) is 6.61 Å². The van der Waals surface area contributed by atoms with Gasteiger partial charge in [0.05, 0.1) is 13.7 Å². The fourth-order valence-corrected chi connectivity index (χ4v) is 1.09. The van der Waals surface area contributed by atoms with E-state index in [9.17, 15) is 0 Å². The first kappa shape index (κ1) is 10.9. The predicted octanol–water partition coefficient (Wildman–Crippen LogP) is 1.81. The van der Waals surface area contributed by atoms with Crippen LogP contribution in [-0.2, 0) is 0 Å². The second-order valence-corrected chi connectivity index (χ2v) is 3.27. The Labute approximate surface area is 84.8 Å². The van der Waals surface area contributed by atoms with Crippen molar-refractivity contribution < 1.29 is 9.47 Å². The van der Waals surface area contributed by atoms with Crippen LogP contribution < -0.4 is 15.2 Å². The molecule has 0 amide bonds. The van der Waals surface area contributed by atoms with E-state index in [1.165, 1.54) is 0 Å². The lowest BCUT2D eigenvalue weighted by atomic mass is 10.3. The molecule has 0 fully saturated rings. The van der Waals surface area contributed by atoms with Gasteiger partial charge in [0, 0.05) is 6.04 Å². The third-order valence-corrected chi connectivity index (χ3v) is 1.90. The fraction of sp³-hybridized carbons (Fsp3) is 0.455. The molecule has 0 aliphatic carbocycles. The molecule has 1 aromatic rings. The van der Waals surface area contributed by atoms with Crippen LogP contribution in [0.3, 0.4) is 0 Å². The molecule has 2 N–H and O–H groups in total. The van der Waals surface area contributed by atoms with Crippen LogP contribution in [0.15, 0.2) is 24.3 Å². The summed E-state index contributed by atoms with van der Waals surface area (Å²) in [6.07, 6.45) is 0.845. The predicted molar refractivity (Wildman–Crippen MR) is 56.8 cm³/mol. The molecule has 0 aliphatic rings. The fourth-order valence-electron chi connectivity index (χ4n) is 1.09. The smallest absolute Gasteiger partial charge is 0.161 e. The summed E-state index contributed by atoms with van der Waals surface area (Å²) in [6, 6.07) is 7.77. The summed E-state index contributed by atoms with van der Waals surface area (Å²) in [5.74, 6) is 1.54. The van der Waals surface area contributed by atoms with Crippen LogP contribution in [0.5, 0.6) is 11.5 Å². The van der Waals surface area contributed by atoms with Crippen molar-refractivity contribution in [2.45, 2.75) is 19.4 Å².